The maximum Gasteiger partial charge on any atom is 0.363 e. The van der Waals surface area contributed by atoms with Crippen molar-refractivity contribution in [1.82, 2.24) is 0 Å². The smallest absolute Gasteiger partial charge is 0.363 e. The van der Waals surface area contributed by atoms with Gasteiger partial charge in [-0.2, -0.15) is 0 Å². The summed E-state index contributed by atoms with van der Waals surface area (Å²) < 4.78 is 16.2. The molecule has 0 amide bonds. The number of carbonyl (C=O) groups is 1. The molecule has 0 unspecified atom stereocenters. The van der Waals surface area contributed by atoms with Crippen molar-refractivity contribution >= 4 is 35.2 Å². The number of cyclic esters (lactones) is 1. The van der Waals surface area contributed by atoms with Crippen LogP contribution in [0.4, 0.5) is 5.69 Å². The fourth-order valence-electron chi connectivity index (χ4n) is 2.70. The molecule has 0 radical (unpaired) electrons. The number of rotatable bonds is 8. The maximum atomic E-state index is 12.2. The summed E-state index contributed by atoms with van der Waals surface area (Å²) in [6.07, 6.45) is 3.49. The molecule has 9 heteroatoms. The van der Waals surface area contributed by atoms with E-state index in [0.29, 0.717) is 23.7 Å². The summed E-state index contributed by atoms with van der Waals surface area (Å²) in [6.45, 7) is 2.66. The van der Waals surface area contributed by atoms with Gasteiger partial charge in [0.2, 0.25) is 5.90 Å². The van der Waals surface area contributed by atoms with Gasteiger partial charge in [0, 0.05) is 11.6 Å². The first-order valence-corrected chi connectivity index (χ1v) is 9.58. The molecule has 1 heterocycles. The monoisotopic (exact) mass is 430 g/mol. The molecule has 30 heavy (non-hydrogen) atoms. The van der Waals surface area contributed by atoms with Crippen molar-refractivity contribution in [3.05, 3.63) is 68.4 Å². The molecule has 0 N–H and O–H groups in total. The van der Waals surface area contributed by atoms with Gasteiger partial charge in [0.25, 0.3) is 5.69 Å². The number of esters is 1. The second kappa shape index (κ2) is 9.41. The lowest BCUT2D eigenvalue weighted by atomic mass is 10.1. The lowest BCUT2D eigenvalue weighted by Crippen LogP contribution is -2.06. The number of carbonyl (C=O) groups excluding carboxylic acids is 1. The normalized spacial score (nSPS) is 14.4. The molecule has 0 fully saturated rings. The van der Waals surface area contributed by atoms with Gasteiger partial charge in [-0.3, -0.25) is 10.1 Å². The van der Waals surface area contributed by atoms with E-state index in [1.165, 1.54) is 31.4 Å². The van der Waals surface area contributed by atoms with Crippen molar-refractivity contribution in [2.45, 2.75) is 19.8 Å². The fourth-order valence-corrected chi connectivity index (χ4v) is 2.88. The van der Waals surface area contributed by atoms with Crippen LogP contribution in [0.5, 0.6) is 11.5 Å². The van der Waals surface area contributed by atoms with E-state index in [1.807, 2.05) is 0 Å². The van der Waals surface area contributed by atoms with Gasteiger partial charge in [0.05, 0.1) is 18.6 Å². The number of nitro groups is 1. The second-order valence-electron chi connectivity index (χ2n) is 6.37. The third-order valence-corrected chi connectivity index (χ3v) is 4.58. The Morgan fingerprint density at radius 2 is 2.03 bits per heavy atom. The van der Waals surface area contributed by atoms with Gasteiger partial charge in [-0.05, 0) is 42.3 Å². The summed E-state index contributed by atoms with van der Waals surface area (Å²) in [7, 11) is 1.53. The number of methoxy groups -OCH3 is 1. The lowest BCUT2D eigenvalue weighted by Gasteiger charge is -2.10. The Kier molecular flexibility index (Phi) is 6.68. The number of halogens is 1. The number of aliphatic imine (C=N–C) groups is 1. The van der Waals surface area contributed by atoms with Crippen LogP contribution in [-0.2, 0) is 9.53 Å². The number of ether oxygens (including phenoxy) is 3. The molecule has 0 saturated carbocycles. The van der Waals surface area contributed by atoms with E-state index in [4.69, 9.17) is 25.8 Å². The highest BCUT2D eigenvalue weighted by Crippen LogP contribution is 2.31. The van der Waals surface area contributed by atoms with Crippen molar-refractivity contribution in [2.75, 3.05) is 13.7 Å². The molecule has 0 spiro atoms. The number of hydrogen-bond donors (Lipinski definition) is 0. The fraction of sp³-hybridized carbons (Fsp3) is 0.238. The summed E-state index contributed by atoms with van der Waals surface area (Å²) >= 11 is 5.82. The van der Waals surface area contributed by atoms with E-state index in [9.17, 15) is 14.9 Å². The molecule has 1 aliphatic heterocycles. The van der Waals surface area contributed by atoms with Gasteiger partial charge in [-0.15, -0.1) is 0 Å². The molecule has 2 aromatic rings. The molecule has 156 valence electrons. The van der Waals surface area contributed by atoms with Gasteiger partial charge >= 0.3 is 5.97 Å². The molecule has 0 bridgehead atoms. The molecule has 8 nitrogen and oxygen atoms in total. The predicted octanol–water partition coefficient (Wildman–Crippen LogP) is 4.78. The zero-order chi connectivity index (χ0) is 21.7. The minimum atomic E-state index is -0.662. The Morgan fingerprint density at radius 1 is 1.23 bits per heavy atom. The van der Waals surface area contributed by atoms with Crippen molar-refractivity contribution < 1.29 is 23.9 Å². The Morgan fingerprint density at radius 3 is 2.73 bits per heavy atom. The average Bonchev–Trinajstić information content (AvgIpc) is 3.09. The summed E-state index contributed by atoms with van der Waals surface area (Å²) in [5.41, 5.74) is 0.701. The Bertz CT molecular complexity index is 1050. The van der Waals surface area contributed by atoms with E-state index in [2.05, 4.69) is 11.9 Å². The highest BCUT2D eigenvalue weighted by atomic mass is 35.5. The van der Waals surface area contributed by atoms with Crippen molar-refractivity contribution in [3.8, 4) is 11.5 Å². The highest BCUT2D eigenvalue weighted by Gasteiger charge is 2.26. The summed E-state index contributed by atoms with van der Waals surface area (Å²) in [4.78, 5) is 26.8. The topological polar surface area (TPSA) is 100 Å². The second-order valence-corrected chi connectivity index (χ2v) is 6.78. The van der Waals surface area contributed by atoms with Gasteiger partial charge in [0.1, 0.15) is 5.02 Å². The number of nitro benzene ring substituents is 1. The van der Waals surface area contributed by atoms with Crippen LogP contribution < -0.4 is 9.47 Å². The van der Waals surface area contributed by atoms with Gasteiger partial charge in [-0.1, -0.05) is 31.0 Å². The standard InChI is InChI=1S/C21H19ClN2O6/c1-3-4-9-29-18-8-5-13(11-19(18)28-2)10-16-21(25)30-20(23-16)14-6-7-15(22)17(12-14)24(26)27/h5-8,10-12H,3-4,9H2,1-2H3/b16-10+. The summed E-state index contributed by atoms with van der Waals surface area (Å²) in [5, 5.41) is 11.1. The Balaban J connectivity index is 1.87. The minimum Gasteiger partial charge on any atom is -0.493 e. The zero-order valence-electron chi connectivity index (χ0n) is 16.4. The lowest BCUT2D eigenvalue weighted by molar-refractivity contribution is -0.384. The third kappa shape index (κ3) is 4.77. The zero-order valence-corrected chi connectivity index (χ0v) is 17.1. The first-order valence-electron chi connectivity index (χ1n) is 9.20. The van der Waals surface area contributed by atoms with Crippen molar-refractivity contribution in [2.24, 2.45) is 4.99 Å². The molecule has 1 aliphatic rings. The molecule has 0 aromatic heterocycles. The minimum absolute atomic E-state index is 0.0159. The molecule has 3 rings (SSSR count). The highest BCUT2D eigenvalue weighted by molar-refractivity contribution is 6.32. The van der Waals surface area contributed by atoms with Gasteiger partial charge < -0.3 is 14.2 Å². The van der Waals surface area contributed by atoms with Crippen LogP contribution >= 0.6 is 11.6 Å². The number of benzene rings is 2. The number of unbranched alkanes of at least 4 members (excludes halogenated alkanes) is 1. The molecular formula is C21H19ClN2O6. The van der Waals surface area contributed by atoms with Crippen LogP contribution in [0.15, 0.2) is 47.1 Å². The summed E-state index contributed by atoms with van der Waals surface area (Å²) in [6, 6.07) is 9.31. The van der Waals surface area contributed by atoms with E-state index >= 15 is 0 Å². The van der Waals surface area contributed by atoms with Crippen LogP contribution in [0, 0.1) is 10.1 Å². The van der Waals surface area contributed by atoms with Gasteiger partial charge in [0.15, 0.2) is 17.2 Å². The van der Waals surface area contributed by atoms with Crippen LogP contribution in [0.25, 0.3) is 6.08 Å². The Labute approximate surface area is 177 Å². The number of hydrogen-bond acceptors (Lipinski definition) is 7. The van der Waals surface area contributed by atoms with Crippen LogP contribution in [-0.4, -0.2) is 30.5 Å². The number of nitrogens with zero attached hydrogens (tertiary/aromatic N) is 2. The first kappa shape index (κ1) is 21.3. The molecular weight excluding hydrogens is 412 g/mol. The van der Waals surface area contributed by atoms with Crippen molar-refractivity contribution in [3.63, 3.8) is 0 Å². The molecule has 0 saturated heterocycles. The maximum absolute atomic E-state index is 12.2. The first-order chi connectivity index (χ1) is 14.4. The van der Waals surface area contributed by atoms with Crippen LogP contribution in [0.1, 0.15) is 30.9 Å². The average molecular weight is 431 g/mol. The third-order valence-electron chi connectivity index (χ3n) is 4.26. The van der Waals surface area contributed by atoms with E-state index in [-0.39, 0.29) is 27.9 Å². The summed E-state index contributed by atoms with van der Waals surface area (Å²) in [5.74, 6) is 0.450. The van der Waals surface area contributed by atoms with Gasteiger partial charge in [-0.25, -0.2) is 9.79 Å². The predicted molar refractivity (Wildman–Crippen MR) is 112 cm³/mol. The van der Waals surface area contributed by atoms with Crippen LogP contribution in [0.3, 0.4) is 0 Å². The quantitative estimate of drug-likeness (QED) is 0.196. The molecule has 0 atom stereocenters. The largest absolute Gasteiger partial charge is 0.493 e. The molecule has 0 aliphatic carbocycles. The van der Waals surface area contributed by atoms with E-state index in [0.717, 1.165) is 12.8 Å². The van der Waals surface area contributed by atoms with Crippen molar-refractivity contribution in [1.29, 1.82) is 0 Å². The van der Waals surface area contributed by atoms with E-state index < -0.39 is 10.9 Å². The van der Waals surface area contributed by atoms with Crippen LogP contribution in [0.2, 0.25) is 5.02 Å². The SMILES string of the molecule is CCCCOc1ccc(/C=C2/N=C(c3ccc(Cl)c([N+](=O)[O-])c3)OC2=O)cc1OC. The molecule has 2 aromatic carbocycles. The van der Waals surface area contributed by atoms with E-state index in [1.54, 1.807) is 18.2 Å². The Hall–Kier alpha value is -3.39.